The molecule has 8 heteroatoms. The van der Waals surface area contributed by atoms with Gasteiger partial charge in [-0.3, -0.25) is 9.78 Å². The normalized spacial score (nSPS) is 10.9. The molecular formula is C25H22N4O4. The molecule has 8 nitrogen and oxygen atoms in total. The molecule has 0 saturated heterocycles. The van der Waals surface area contributed by atoms with Gasteiger partial charge in [-0.1, -0.05) is 18.2 Å². The van der Waals surface area contributed by atoms with Crippen LogP contribution in [-0.2, 0) is 0 Å². The lowest BCUT2D eigenvalue weighted by molar-refractivity contribution is 0.0956. The van der Waals surface area contributed by atoms with E-state index >= 15 is 0 Å². The molecule has 0 aliphatic rings. The standard InChI is InChI=1S/C25H22N4O4/c1-31-22-14-24(33-3)23(32-2)12-17(22)15-27-29-25(30)19-13-21(16-8-10-26-11-9-16)28-20-7-5-4-6-18(19)20/h4-15H,1-3H3,(H,29,30)/b27-15+. The topological polar surface area (TPSA) is 94.9 Å². The summed E-state index contributed by atoms with van der Waals surface area (Å²) in [5.74, 6) is 1.22. The molecule has 4 aromatic rings. The SMILES string of the molecule is COc1cc(OC)c(OC)cc1/C=N/NC(=O)c1cc(-c2ccncc2)nc2ccccc12. The van der Waals surface area contributed by atoms with E-state index in [2.05, 4.69) is 20.5 Å². The molecule has 166 valence electrons. The lowest BCUT2D eigenvalue weighted by Gasteiger charge is -2.12. The molecule has 2 aromatic carbocycles. The minimum atomic E-state index is -0.361. The van der Waals surface area contributed by atoms with Crippen LogP contribution in [0.4, 0.5) is 0 Å². The molecule has 1 amide bonds. The van der Waals surface area contributed by atoms with Crippen LogP contribution in [0, 0.1) is 0 Å². The van der Waals surface area contributed by atoms with Gasteiger partial charge in [0.1, 0.15) is 5.75 Å². The number of methoxy groups -OCH3 is 3. The van der Waals surface area contributed by atoms with E-state index < -0.39 is 0 Å². The minimum absolute atomic E-state index is 0.361. The van der Waals surface area contributed by atoms with Crippen LogP contribution in [0.3, 0.4) is 0 Å². The summed E-state index contributed by atoms with van der Waals surface area (Å²) in [5.41, 5.74) is 5.93. The number of rotatable bonds is 7. The maximum atomic E-state index is 13.1. The van der Waals surface area contributed by atoms with Gasteiger partial charge in [0.05, 0.1) is 44.3 Å². The molecule has 0 aliphatic carbocycles. The average molecular weight is 442 g/mol. The van der Waals surface area contributed by atoms with Crippen molar-refractivity contribution in [1.29, 1.82) is 0 Å². The van der Waals surface area contributed by atoms with Crippen LogP contribution in [0.2, 0.25) is 0 Å². The smallest absolute Gasteiger partial charge is 0.272 e. The number of hydrogen-bond donors (Lipinski definition) is 1. The predicted octanol–water partition coefficient (Wildman–Crippen LogP) is 4.09. The molecular weight excluding hydrogens is 420 g/mol. The van der Waals surface area contributed by atoms with Gasteiger partial charge in [0.15, 0.2) is 11.5 Å². The number of pyridine rings is 2. The molecule has 0 aliphatic heterocycles. The number of benzene rings is 2. The van der Waals surface area contributed by atoms with E-state index in [-0.39, 0.29) is 5.91 Å². The van der Waals surface area contributed by atoms with Crippen molar-refractivity contribution in [2.24, 2.45) is 5.10 Å². The number of hydrazone groups is 1. The van der Waals surface area contributed by atoms with Crippen LogP contribution in [0.15, 0.2) is 72.1 Å². The molecule has 33 heavy (non-hydrogen) atoms. The summed E-state index contributed by atoms with van der Waals surface area (Å²) < 4.78 is 16.0. The maximum Gasteiger partial charge on any atom is 0.272 e. The van der Waals surface area contributed by atoms with Gasteiger partial charge in [0.25, 0.3) is 5.91 Å². The maximum absolute atomic E-state index is 13.1. The minimum Gasteiger partial charge on any atom is -0.496 e. The quantitative estimate of drug-likeness (QED) is 0.342. The van der Waals surface area contributed by atoms with Gasteiger partial charge in [-0.15, -0.1) is 0 Å². The van der Waals surface area contributed by atoms with Gasteiger partial charge in [0, 0.05) is 35.0 Å². The van der Waals surface area contributed by atoms with E-state index in [1.165, 1.54) is 6.21 Å². The lowest BCUT2D eigenvalue weighted by Crippen LogP contribution is -2.18. The van der Waals surface area contributed by atoms with Crippen LogP contribution in [0.5, 0.6) is 17.2 Å². The highest BCUT2D eigenvalue weighted by molar-refractivity contribution is 6.07. The first-order valence-electron chi connectivity index (χ1n) is 10.1. The molecule has 4 rings (SSSR count). The molecule has 2 aromatic heterocycles. The Morgan fingerprint density at radius 3 is 2.33 bits per heavy atom. The monoisotopic (exact) mass is 442 g/mol. The highest BCUT2D eigenvalue weighted by Gasteiger charge is 2.14. The number of aromatic nitrogens is 2. The predicted molar refractivity (Wildman–Crippen MR) is 126 cm³/mol. The Morgan fingerprint density at radius 1 is 0.909 bits per heavy atom. The van der Waals surface area contributed by atoms with Gasteiger partial charge in [-0.05, 0) is 30.3 Å². The van der Waals surface area contributed by atoms with Crippen molar-refractivity contribution in [1.82, 2.24) is 15.4 Å². The summed E-state index contributed by atoms with van der Waals surface area (Å²) in [6.45, 7) is 0. The zero-order valence-electron chi connectivity index (χ0n) is 18.4. The van der Waals surface area contributed by atoms with Gasteiger partial charge in [0.2, 0.25) is 0 Å². The number of amides is 1. The van der Waals surface area contributed by atoms with Crippen LogP contribution in [0.25, 0.3) is 22.2 Å². The zero-order valence-corrected chi connectivity index (χ0v) is 18.4. The van der Waals surface area contributed by atoms with Crippen LogP contribution in [-0.4, -0.2) is 43.4 Å². The molecule has 0 bridgehead atoms. The first kappa shape index (κ1) is 21.8. The van der Waals surface area contributed by atoms with Crippen LogP contribution in [0.1, 0.15) is 15.9 Å². The summed E-state index contributed by atoms with van der Waals surface area (Å²) >= 11 is 0. The molecule has 0 unspecified atom stereocenters. The number of carbonyl (C=O) groups excluding carboxylic acids is 1. The number of hydrogen-bond acceptors (Lipinski definition) is 7. The van der Waals surface area contributed by atoms with Crippen LogP contribution < -0.4 is 19.6 Å². The largest absolute Gasteiger partial charge is 0.496 e. The average Bonchev–Trinajstić information content (AvgIpc) is 2.88. The van der Waals surface area contributed by atoms with Crippen molar-refractivity contribution in [2.45, 2.75) is 0 Å². The van der Waals surface area contributed by atoms with E-state index in [1.54, 1.807) is 51.9 Å². The van der Waals surface area contributed by atoms with Crippen molar-refractivity contribution in [3.8, 4) is 28.5 Å². The zero-order chi connectivity index (χ0) is 23.2. The van der Waals surface area contributed by atoms with Gasteiger partial charge in [-0.2, -0.15) is 5.10 Å². The Balaban J connectivity index is 1.66. The van der Waals surface area contributed by atoms with Gasteiger partial charge < -0.3 is 14.2 Å². The van der Waals surface area contributed by atoms with Crippen LogP contribution >= 0.6 is 0 Å². The Labute approximate surface area is 190 Å². The first-order chi connectivity index (χ1) is 16.1. The molecule has 0 atom stereocenters. The molecule has 1 N–H and O–H groups in total. The van der Waals surface area contributed by atoms with Crippen molar-refractivity contribution in [2.75, 3.05) is 21.3 Å². The van der Waals surface area contributed by atoms with Crippen molar-refractivity contribution in [3.05, 3.63) is 78.1 Å². The Bertz CT molecular complexity index is 1320. The summed E-state index contributed by atoms with van der Waals surface area (Å²) in [6.07, 6.45) is 4.87. The molecule has 0 spiro atoms. The third kappa shape index (κ3) is 4.59. The Hall–Kier alpha value is -4.46. The van der Waals surface area contributed by atoms with E-state index in [1.807, 2.05) is 36.4 Å². The number of ether oxygens (including phenoxy) is 3. The number of nitrogens with zero attached hydrogens (tertiary/aromatic N) is 3. The summed E-state index contributed by atoms with van der Waals surface area (Å²) in [7, 11) is 4.63. The summed E-state index contributed by atoms with van der Waals surface area (Å²) in [4.78, 5) is 21.8. The second-order valence-corrected chi connectivity index (χ2v) is 6.96. The number of fused-ring (bicyclic) bond motifs is 1. The number of nitrogens with one attached hydrogen (secondary N) is 1. The molecule has 0 saturated carbocycles. The third-order valence-corrected chi connectivity index (χ3v) is 5.04. The number of para-hydroxylation sites is 1. The van der Waals surface area contributed by atoms with E-state index in [9.17, 15) is 4.79 Å². The highest BCUT2D eigenvalue weighted by Crippen LogP contribution is 2.33. The lowest BCUT2D eigenvalue weighted by atomic mass is 10.0. The Kier molecular flexibility index (Phi) is 6.45. The second kappa shape index (κ2) is 9.78. The molecule has 0 radical (unpaired) electrons. The second-order valence-electron chi connectivity index (χ2n) is 6.96. The fraction of sp³-hybridized carbons (Fsp3) is 0.120. The van der Waals surface area contributed by atoms with Crippen molar-refractivity contribution >= 4 is 23.0 Å². The fourth-order valence-corrected chi connectivity index (χ4v) is 3.41. The summed E-state index contributed by atoms with van der Waals surface area (Å²) in [6, 6.07) is 16.3. The number of carbonyl (C=O) groups is 1. The van der Waals surface area contributed by atoms with Gasteiger partial charge in [-0.25, -0.2) is 10.4 Å². The van der Waals surface area contributed by atoms with E-state index in [0.29, 0.717) is 39.6 Å². The fourth-order valence-electron chi connectivity index (χ4n) is 3.41. The summed E-state index contributed by atoms with van der Waals surface area (Å²) in [5, 5.41) is 4.86. The first-order valence-corrected chi connectivity index (χ1v) is 10.1. The van der Waals surface area contributed by atoms with E-state index in [0.717, 1.165) is 10.9 Å². The van der Waals surface area contributed by atoms with Crippen molar-refractivity contribution < 1.29 is 19.0 Å². The molecule has 2 heterocycles. The third-order valence-electron chi connectivity index (χ3n) is 5.04. The molecule has 0 fully saturated rings. The van der Waals surface area contributed by atoms with Gasteiger partial charge >= 0.3 is 0 Å². The Morgan fingerprint density at radius 2 is 1.61 bits per heavy atom. The van der Waals surface area contributed by atoms with Crippen molar-refractivity contribution in [3.63, 3.8) is 0 Å². The van der Waals surface area contributed by atoms with E-state index in [4.69, 9.17) is 14.2 Å². The highest BCUT2D eigenvalue weighted by atomic mass is 16.5.